The number of nitrogens with one attached hydrogen (secondary N) is 1. The van der Waals surface area contributed by atoms with Crippen LogP contribution in [0.1, 0.15) is 45.2 Å². The van der Waals surface area contributed by atoms with E-state index in [4.69, 9.17) is 20.8 Å². The highest BCUT2D eigenvalue weighted by molar-refractivity contribution is 6.74. The SMILES string of the molecule is Cc1cc(C2=NNC(=O)CC2C)c(F)c(Cl)c1OCC=CCO[Si](C)(C)C(C)(C)C. The number of carbonyl (C=O) groups excluding carboxylic acids is 1. The second-order valence-corrected chi connectivity index (χ2v) is 14.4. The van der Waals surface area contributed by atoms with Gasteiger partial charge in [-0.25, -0.2) is 9.82 Å². The summed E-state index contributed by atoms with van der Waals surface area (Å²) in [7, 11) is -1.79. The van der Waals surface area contributed by atoms with Crippen molar-refractivity contribution >= 4 is 31.5 Å². The number of hydrogen-bond acceptors (Lipinski definition) is 4. The van der Waals surface area contributed by atoms with Crippen molar-refractivity contribution in [2.45, 2.75) is 59.2 Å². The lowest BCUT2D eigenvalue weighted by Crippen LogP contribution is -2.40. The van der Waals surface area contributed by atoms with E-state index < -0.39 is 14.1 Å². The Morgan fingerprint density at radius 1 is 1.33 bits per heavy atom. The number of rotatable bonds is 7. The number of ether oxygens (including phenoxy) is 1. The first-order valence-corrected chi connectivity index (χ1v) is 13.4. The smallest absolute Gasteiger partial charge is 0.240 e. The quantitative estimate of drug-likeness (QED) is 0.430. The van der Waals surface area contributed by atoms with Crippen LogP contribution in [0.3, 0.4) is 0 Å². The fourth-order valence-corrected chi connectivity index (χ4v) is 4.07. The highest BCUT2D eigenvalue weighted by Gasteiger charge is 2.36. The maximum atomic E-state index is 14.9. The zero-order valence-electron chi connectivity index (χ0n) is 18.9. The lowest BCUT2D eigenvalue weighted by molar-refractivity contribution is -0.121. The Hall–Kier alpha value is -1.70. The predicted molar refractivity (Wildman–Crippen MR) is 122 cm³/mol. The van der Waals surface area contributed by atoms with Gasteiger partial charge in [-0.15, -0.1) is 0 Å². The Morgan fingerprint density at radius 3 is 2.57 bits per heavy atom. The minimum Gasteiger partial charge on any atom is -0.488 e. The molecule has 1 aliphatic rings. The van der Waals surface area contributed by atoms with Gasteiger partial charge >= 0.3 is 0 Å². The monoisotopic (exact) mass is 454 g/mol. The summed E-state index contributed by atoms with van der Waals surface area (Å²) < 4.78 is 26.7. The Morgan fingerprint density at radius 2 is 1.97 bits per heavy atom. The second-order valence-electron chi connectivity index (χ2n) is 9.19. The molecule has 8 heteroatoms. The molecule has 1 aromatic rings. The Kier molecular flexibility index (Phi) is 7.88. The Labute approximate surface area is 184 Å². The summed E-state index contributed by atoms with van der Waals surface area (Å²) in [6.07, 6.45) is 4.02. The summed E-state index contributed by atoms with van der Waals surface area (Å²) in [6.45, 7) is 15.4. The molecular formula is C22H32ClFN2O3Si. The summed E-state index contributed by atoms with van der Waals surface area (Å²) in [6, 6.07) is 1.66. The van der Waals surface area contributed by atoms with Gasteiger partial charge in [0, 0.05) is 17.9 Å². The molecule has 0 fully saturated rings. The van der Waals surface area contributed by atoms with Crippen LogP contribution < -0.4 is 10.2 Å². The van der Waals surface area contributed by atoms with E-state index in [2.05, 4.69) is 44.4 Å². The maximum absolute atomic E-state index is 14.9. The molecule has 5 nitrogen and oxygen atoms in total. The Balaban J connectivity index is 2.04. The number of carbonyl (C=O) groups is 1. The summed E-state index contributed by atoms with van der Waals surface area (Å²) >= 11 is 6.26. The van der Waals surface area contributed by atoms with Gasteiger partial charge in [0.1, 0.15) is 17.4 Å². The van der Waals surface area contributed by atoms with E-state index in [0.29, 0.717) is 23.6 Å². The van der Waals surface area contributed by atoms with E-state index in [1.54, 1.807) is 13.0 Å². The van der Waals surface area contributed by atoms with Crippen LogP contribution >= 0.6 is 11.6 Å². The minimum absolute atomic E-state index is 0.0808. The van der Waals surface area contributed by atoms with Crippen molar-refractivity contribution in [2.24, 2.45) is 11.0 Å². The zero-order valence-corrected chi connectivity index (χ0v) is 20.6. The zero-order chi connectivity index (χ0) is 22.7. The van der Waals surface area contributed by atoms with Crippen LogP contribution in [0.15, 0.2) is 23.3 Å². The van der Waals surface area contributed by atoms with Gasteiger partial charge < -0.3 is 9.16 Å². The standard InChI is InChI=1S/C22H32ClFN2O3Si/c1-14-13-17(27)25-26-20(14)16-12-15(2)21(18(23)19(16)24)28-10-8-9-11-29-30(6,7)22(3,4)5/h8-9,12,14H,10-11,13H2,1-7H3,(H,25,27). The average Bonchev–Trinajstić information content (AvgIpc) is 2.63. The molecule has 1 aromatic carbocycles. The largest absolute Gasteiger partial charge is 0.488 e. The molecular weight excluding hydrogens is 423 g/mol. The Bertz CT molecular complexity index is 863. The summed E-state index contributed by atoms with van der Waals surface area (Å²) in [5, 5.41) is 4.10. The molecule has 1 N–H and O–H groups in total. The first kappa shape index (κ1) is 24.6. The van der Waals surface area contributed by atoms with Crippen LogP contribution in [0.4, 0.5) is 4.39 Å². The molecule has 166 valence electrons. The summed E-state index contributed by atoms with van der Waals surface area (Å²) in [5.74, 6) is -0.664. The highest BCUT2D eigenvalue weighted by atomic mass is 35.5. The molecule has 0 aliphatic carbocycles. The summed E-state index contributed by atoms with van der Waals surface area (Å²) in [5.41, 5.74) is 3.87. The van der Waals surface area contributed by atoms with Gasteiger partial charge in [-0.05, 0) is 42.8 Å². The second kappa shape index (κ2) is 9.62. The molecule has 0 spiro atoms. The number of hydrogen-bond donors (Lipinski definition) is 1. The van der Waals surface area contributed by atoms with Crippen LogP contribution in [-0.4, -0.2) is 33.2 Å². The van der Waals surface area contributed by atoms with Crippen molar-refractivity contribution in [1.29, 1.82) is 0 Å². The van der Waals surface area contributed by atoms with Crippen LogP contribution in [0, 0.1) is 18.7 Å². The van der Waals surface area contributed by atoms with Gasteiger partial charge in [-0.3, -0.25) is 4.79 Å². The van der Waals surface area contributed by atoms with Crippen molar-refractivity contribution in [2.75, 3.05) is 13.2 Å². The molecule has 1 aliphatic heterocycles. The topological polar surface area (TPSA) is 59.9 Å². The molecule has 0 aromatic heterocycles. The first-order valence-electron chi connectivity index (χ1n) is 10.1. The van der Waals surface area contributed by atoms with Crippen molar-refractivity contribution in [3.05, 3.63) is 40.2 Å². The van der Waals surface area contributed by atoms with Crippen molar-refractivity contribution in [3.63, 3.8) is 0 Å². The number of aryl methyl sites for hydroxylation is 1. The van der Waals surface area contributed by atoms with E-state index in [1.165, 1.54) is 0 Å². The van der Waals surface area contributed by atoms with Crippen molar-refractivity contribution in [1.82, 2.24) is 5.43 Å². The number of nitrogens with zero attached hydrogens (tertiary/aromatic N) is 1. The number of hydrazone groups is 1. The van der Waals surface area contributed by atoms with Gasteiger partial charge in [-0.1, -0.05) is 45.4 Å². The van der Waals surface area contributed by atoms with Crippen LogP contribution in [0.5, 0.6) is 5.75 Å². The number of amides is 1. The summed E-state index contributed by atoms with van der Waals surface area (Å²) in [4.78, 5) is 11.4. The van der Waals surface area contributed by atoms with Crippen molar-refractivity contribution < 1.29 is 18.3 Å². The lowest BCUT2D eigenvalue weighted by atomic mass is 9.92. The molecule has 1 unspecified atom stereocenters. The van der Waals surface area contributed by atoms with E-state index in [-0.39, 0.29) is 40.5 Å². The first-order chi connectivity index (χ1) is 13.8. The number of benzene rings is 1. The predicted octanol–water partition coefficient (Wildman–Crippen LogP) is 5.60. The van der Waals surface area contributed by atoms with Gasteiger partial charge in [0.2, 0.25) is 5.91 Å². The number of halogens is 2. The van der Waals surface area contributed by atoms with E-state index in [0.717, 1.165) is 0 Å². The van der Waals surface area contributed by atoms with Gasteiger partial charge in [0.05, 0.1) is 12.3 Å². The van der Waals surface area contributed by atoms with Crippen molar-refractivity contribution in [3.8, 4) is 5.75 Å². The molecule has 0 saturated carbocycles. The highest BCUT2D eigenvalue weighted by Crippen LogP contribution is 2.37. The molecule has 1 atom stereocenters. The third-order valence-electron chi connectivity index (χ3n) is 5.72. The third-order valence-corrected chi connectivity index (χ3v) is 10.6. The molecule has 30 heavy (non-hydrogen) atoms. The van der Waals surface area contributed by atoms with Crippen LogP contribution in [-0.2, 0) is 9.22 Å². The van der Waals surface area contributed by atoms with E-state index in [1.807, 2.05) is 19.1 Å². The molecule has 0 saturated heterocycles. The molecule has 2 rings (SSSR count). The van der Waals surface area contributed by atoms with Gasteiger partial charge in [0.25, 0.3) is 0 Å². The molecule has 1 amide bonds. The van der Waals surface area contributed by atoms with E-state index >= 15 is 0 Å². The minimum atomic E-state index is -1.79. The van der Waals surface area contributed by atoms with Gasteiger partial charge in [0.15, 0.2) is 14.1 Å². The van der Waals surface area contributed by atoms with Gasteiger partial charge in [-0.2, -0.15) is 5.10 Å². The van der Waals surface area contributed by atoms with Crippen LogP contribution in [0.2, 0.25) is 23.2 Å². The van der Waals surface area contributed by atoms with Crippen LogP contribution in [0.25, 0.3) is 0 Å². The fourth-order valence-electron chi connectivity index (χ4n) is 2.82. The molecule has 1 heterocycles. The molecule has 0 radical (unpaired) electrons. The lowest BCUT2D eigenvalue weighted by Gasteiger charge is -2.35. The average molecular weight is 455 g/mol. The fraction of sp³-hybridized carbons (Fsp3) is 0.545. The normalized spacial score (nSPS) is 17.8. The maximum Gasteiger partial charge on any atom is 0.240 e. The van der Waals surface area contributed by atoms with E-state index in [9.17, 15) is 9.18 Å². The molecule has 0 bridgehead atoms. The third kappa shape index (κ3) is 5.71.